The molecule has 2 amide bonds. The molecule has 1 atom stereocenters. The van der Waals surface area contributed by atoms with E-state index in [0.29, 0.717) is 25.2 Å². The number of alkyl halides is 2. The minimum Gasteiger partial charge on any atom is -0.338 e. The lowest BCUT2D eigenvalue weighted by Crippen LogP contribution is -2.64. The number of halogens is 4. The number of hydrogen-bond donors (Lipinski definition) is 2. The third kappa shape index (κ3) is 4.66. The van der Waals surface area contributed by atoms with Gasteiger partial charge in [-0.05, 0) is 30.5 Å². The van der Waals surface area contributed by atoms with Gasteiger partial charge in [0, 0.05) is 19.2 Å². The van der Waals surface area contributed by atoms with Crippen molar-refractivity contribution in [1.29, 1.82) is 0 Å². The van der Waals surface area contributed by atoms with Crippen molar-refractivity contribution < 1.29 is 27.2 Å². The molecule has 1 saturated heterocycles. The van der Waals surface area contributed by atoms with Gasteiger partial charge in [-0.3, -0.25) is 9.59 Å². The molecule has 11 heteroatoms. The topological polar surface area (TPSA) is 79.3 Å². The summed E-state index contributed by atoms with van der Waals surface area (Å²) in [5, 5.41) is 5.86. The summed E-state index contributed by atoms with van der Waals surface area (Å²) in [5.41, 5.74) is -0.207. The van der Waals surface area contributed by atoms with Gasteiger partial charge in [0.15, 0.2) is 5.69 Å². The Hall–Kier alpha value is -2.95. The van der Waals surface area contributed by atoms with Gasteiger partial charge in [0.1, 0.15) is 23.5 Å². The number of nitrogens with one attached hydrogen (secondary N) is 2. The van der Waals surface area contributed by atoms with E-state index in [4.69, 9.17) is 0 Å². The summed E-state index contributed by atoms with van der Waals surface area (Å²) in [4.78, 5) is 31.7. The summed E-state index contributed by atoms with van der Waals surface area (Å²) >= 11 is 0. The lowest BCUT2D eigenvalue weighted by molar-refractivity contribution is -0.169. The van der Waals surface area contributed by atoms with Gasteiger partial charge in [0.05, 0.1) is 24.3 Å². The number of aromatic nitrogens is 2. The third-order valence-corrected chi connectivity index (χ3v) is 6.03. The number of carbonyl (C=O) groups is 2. The van der Waals surface area contributed by atoms with Crippen LogP contribution in [0, 0.1) is 17.0 Å². The third-order valence-electron chi connectivity index (χ3n) is 6.03. The van der Waals surface area contributed by atoms with E-state index in [-0.39, 0.29) is 23.6 Å². The highest BCUT2D eigenvalue weighted by Crippen LogP contribution is 2.31. The highest BCUT2D eigenvalue weighted by molar-refractivity contribution is 5.98. The molecule has 1 aromatic heterocycles. The molecule has 0 saturated carbocycles. The molecule has 2 aromatic rings. The standard InChI is InChI=1S/C23H27F4N5O2/c1-22(2,3)18(21(34)31-11-23(26,27)12-31)30-20(33)17-16-10-28-7-4-8-32(16)19(29-17)14-6-5-13(24)9-15(14)25/h5-6,9,18,28H,4,7-8,10-12H2,1-3H3,(H,30,33). The van der Waals surface area contributed by atoms with Crippen LogP contribution >= 0.6 is 0 Å². The Morgan fingerprint density at radius 1 is 1.21 bits per heavy atom. The fourth-order valence-corrected chi connectivity index (χ4v) is 4.23. The normalized spacial score (nSPS) is 18.5. The van der Waals surface area contributed by atoms with E-state index >= 15 is 0 Å². The zero-order valence-electron chi connectivity index (χ0n) is 19.2. The molecule has 0 radical (unpaired) electrons. The summed E-state index contributed by atoms with van der Waals surface area (Å²) in [5.74, 6) is -5.54. The van der Waals surface area contributed by atoms with E-state index in [9.17, 15) is 27.2 Å². The van der Waals surface area contributed by atoms with Crippen molar-refractivity contribution in [3.05, 3.63) is 41.2 Å². The second-order valence-electron chi connectivity index (χ2n) is 9.86. The Kier molecular flexibility index (Phi) is 6.17. The number of benzene rings is 1. The average Bonchev–Trinajstić information content (AvgIpc) is 2.90. The number of imidazole rings is 1. The van der Waals surface area contributed by atoms with Gasteiger partial charge in [0.25, 0.3) is 11.8 Å². The quantitative estimate of drug-likeness (QED) is 0.659. The monoisotopic (exact) mass is 481 g/mol. The zero-order chi connectivity index (χ0) is 24.8. The minimum absolute atomic E-state index is 0.00381. The molecule has 184 valence electrons. The highest BCUT2D eigenvalue weighted by Gasteiger charge is 2.49. The molecule has 3 heterocycles. The van der Waals surface area contributed by atoms with Crippen LogP contribution in [0.4, 0.5) is 17.6 Å². The van der Waals surface area contributed by atoms with Gasteiger partial charge in [-0.25, -0.2) is 22.5 Å². The number of nitrogens with zero attached hydrogens (tertiary/aromatic N) is 3. The van der Waals surface area contributed by atoms with Crippen molar-refractivity contribution in [3.8, 4) is 11.4 Å². The molecule has 2 N–H and O–H groups in total. The number of rotatable bonds is 4. The van der Waals surface area contributed by atoms with Crippen molar-refractivity contribution in [3.63, 3.8) is 0 Å². The fraction of sp³-hybridized carbons (Fsp3) is 0.522. The summed E-state index contributed by atoms with van der Waals surface area (Å²) in [6.45, 7) is 5.20. The predicted octanol–water partition coefficient (Wildman–Crippen LogP) is 2.94. The van der Waals surface area contributed by atoms with Gasteiger partial charge in [-0.15, -0.1) is 0 Å². The van der Waals surface area contributed by atoms with E-state index in [2.05, 4.69) is 15.6 Å². The van der Waals surface area contributed by atoms with Crippen LogP contribution in [0.25, 0.3) is 11.4 Å². The maximum atomic E-state index is 14.6. The maximum absolute atomic E-state index is 14.6. The first-order chi connectivity index (χ1) is 15.9. The summed E-state index contributed by atoms with van der Waals surface area (Å²) in [6.07, 6.45) is 0.701. The van der Waals surface area contributed by atoms with E-state index in [1.54, 1.807) is 25.3 Å². The molecule has 34 heavy (non-hydrogen) atoms. The lowest BCUT2D eigenvalue weighted by atomic mass is 9.85. The Bertz CT molecular complexity index is 1120. The fourth-order valence-electron chi connectivity index (χ4n) is 4.23. The van der Waals surface area contributed by atoms with Crippen LogP contribution < -0.4 is 10.6 Å². The van der Waals surface area contributed by atoms with E-state index in [1.807, 2.05) is 0 Å². The van der Waals surface area contributed by atoms with Gasteiger partial charge in [-0.1, -0.05) is 20.8 Å². The molecule has 2 aliphatic heterocycles. The molecular weight excluding hydrogens is 454 g/mol. The van der Waals surface area contributed by atoms with E-state index in [1.165, 1.54) is 6.07 Å². The van der Waals surface area contributed by atoms with Crippen LogP contribution in [0.2, 0.25) is 0 Å². The molecule has 1 unspecified atom stereocenters. The Morgan fingerprint density at radius 3 is 2.53 bits per heavy atom. The maximum Gasteiger partial charge on any atom is 0.282 e. The number of carbonyl (C=O) groups excluding carboxylic acids is 2. The summed E-state index contributed by atoms with van der Waals surface area (Å²) in [7, 11) is 0. The number of hydrogen-bond acceptors (Lipinski definition) is 4. The molecule has 2 aliphatic rings. The first-order valence-electron chi connectivity index (χ1n) is 11.1. The van der Waals surface area contributed by atoms with Crippen LogP contribution in [0.3, 0.4) is 0 Å². The highest BCUT2D eigenvalue weighted by atomic mass is 19.3. The Balaban J connectivity index is 1.68. The van der Waals surface area contributed by atoms with Gasteiger partial charge in [0.2, 0.25) is 5.91 Å². The first kappa shape index (κ1) is 24.2. The van der Waals surface area contributed by atoms with E-state index < -0.39 is 53.9 Å². The molecule has 1 fully saturated rings. The zero-order valence-corrected chi connectivity index (χ0v) is 19.2. The molecule has 4 rings (SSSR count). The lowest BCUT2D eigenvalue weighted by Gasteiger charge is -2.43. The van der Waals surface area contributed by atoms with Crippen LogP contribution in [0.15, 0.2) is 18.2 Å². The predicted molar refractivity (Wildman–Crippen MR) is 116 cm³/mol. The van der Waals surface area contributed by atoms with Crippen molar-refractivity contribution in [2.75, 3.05) is 19.6 Å². The molecule has 1 aromatic carbocycles. The summed E-state index contributed by atoms with van der Waals surface area (Å²) < 4.78 is 56.4. The van der Waals surface area contributed by atoms with Crippen LogP contribution in [-0.2, 0) is 17.9 Å². The van der Waals surface area contributed by atoms with Gasteiger partial charge in [-0.2, -0.15) is 0 Å². The second-order valence-corrected chi connectivity index (χ2v) is 9.86. The molecular formula is C23H27F4N5O2. The van der Waals surface area contributed by atoms with Gasteiger partial charge >= 0.3 is 0 Å². The summed E-state index contributed by atoms with van der Waals surface area (Å²) in [6, 6.07) is 2.07. The number of amides is 2. The smallest absolute Gasteiger partial charge is 0.282 e. The minimum atomic E-state index is -2.93. The van der Waals surface area contributed by atoms with Crippen LogP contribution in [0.1, 0.15) is 43.4 Å². The average molecular weight is 481 g/mol. The second kappa shape index (κ2) is 8.68. The van der Waals surface area contributed by atoms with Crippen LogP contribution in [-0.4, -0.2) is 57.9 Å². The van der Waals surface area contributed by atoms with Crippen molar-refractivity contribution in [1.82, 2.24) is 25.1 Å². The Labute approximate surface area is 194 Å². The Morgan fingerprint density at radius 2 is 1.91 bits per heavy atom. The largest absolute Gasteiger partial charge is 0.338 e. The number of fused-ring (bicyclic) bond motifs is 1. The van der Waals surface area contributed by atoms with Gasteiger partial charge < -0.3 is 20.1 Å². The van der Waals surface area contributed by atoms with Crippen molar-refractivity contribution in [2.45, 2.75) is 52.2 Å². The number of likely N-dealkylation sites (tertiary alicyclic amines) is 1. The van der Waals surface area contributed by atoms with Crippen molar-refractivity contribution >= 4 is 11.8 Å². The van der Waals surface area contributed by atoms with Crippen LogP contribution in [0.5, 0.6) is 0 Å². The first-order valence-corrected chi connectivity index (χ1v) is 11.1. The molecule has 0 aliphatic carbocycles. The van der Waals surface area contributed by atoms with E-state index in [0.717, 1.165) is 17.0 Å². The molecule has 7 nitrogen and oxygen atoms in total. The SMILES string of the molecule is CC(C)(C)C(NC(=O)c1nc(-c2ccc(F)cc2F)n2c1CNCCC2)C(=O)N1CC(F)(F)C1. The van der Waals surface area contributed by atoms with Crippen molar-refractivity contribution in [2.24, 2.45) is 5.41 Å². The molecule has 0 bridgehead atoms. The molecule has 0 spiro atoms.